The molecular weight excluding hydrogens is 494 g/mol. The number of fused-ring (bicyclic) bond motifs is 2. The maximum atomic E-state index is 14.1. The summed E-state index contributed by atoms with van der Waals surface area (Å²) in [7, 11) is 0. The second kappa shape index (κ2) is 9.13. The first kappa shape index (κ1) is 23.9. The van der Waals surface area contributed by atoms with Gasteiger partial charge in [-0.15, -0.1) is 0 Å². The first-order valence-electron chi connectivity index (χ1n) is 12.3. The van der Waals surface area contributed by atoms with Crippen molar-refractivity contribution in [2.45, 2.75) is 17.7 Å². The van der Waals surface area contributed by atoms with Crippen molar-refractivity contribution >= 4 is 40.7 Å². The summed E-state index contributed by atoms with van der Waals surface area (Å²) in [6.07, 6.45) is 6.61. The molecule has 190 valence electrons. The number of carbonyl (C=O) groups is 3. The molecule has 8 nitrogen and oxygen atoms in total. The molecule has 0 bridgehead atoms. The van der Waals surface area contributed by atoms with Gasteiger partial charge in [0.2, 0.25) is 11.8 Å². The van der Waals surface area contributed by atoms with E-state index in [1.807, 2.05) is 42.5 Å². The summed E-state index contributed by atoms with van der Waals surface area (Å²) in [5, 5.41) is 10.2. The number of anilines is 2. The molecule has 0 aromatic heterocycles. The molecule has 1 spiro atoms. The van der Waals surface area contributed by atoms with Gasteiger partial charge < -0.3 is 24.5 Å². The highest BCUT2D eigenvalue weighted by Crippen LogP contribution is 2.53. The number of para-hydroxylation sites is 2. The van der Waals surface area contributed by atoms with E-state index in [0.29, 0.717) is 17.3 Å². The molecule has 9 heteroatoms. The van der Waals surface area contributed by atoms with E-state index < -0.39 is 29.6 Å². The molecular formula is C28H26ClN3O5. The second-order valence-electron chi connectivity index (χ2n) is 9.61. The zero-order chi connectivity index (χ0) is 25.7. The van der Waals surface area contributed by atoms with Crippen LogP contribution < -0.4 is 9.80 Å². The van der Waals surface area contributed by atoms with Crippen molar-refractivity contribution in [1.82, 2.24) is 4.90 Å². The molecule has 1 unspecified atom stereocenters. The van der Waals surface area contributed by atoms with Crippen LogP contribution in [0.1, 0.15) is 0 Å². The lowest BCUT2D eigenvalue weighted by molar-refractivity contribution is -0.141. The third-order valence-corrected chi connectivity index (χ3v) is 8.03. The number of aliphatic hydroxyl groups excluding tert-OH is 1. The summed E-state index contributed by atoms with van der Waals surface area (Å²) in [5.41, 5.74) is -0.103. The average molecular weight is 520 g/mol. The number of rotatable bonds is 4. The summed E-state index contributed by atoms with van der Waals surface area (Å²) >= 11 is 6.44. The fraction of sp³-hybridized carbons (Fsp3) is 0.321. The summed E-state index contributed by atoms with van der Waals surface area (Å²) in [6, 6.07) is 15.3. The van der Waals surface area contributed by atoms with E-state index >= 15 is 0 Å². The van der Waals surface area contributed by atoms with Crippen molar-refractivity contribution in [3.05, 3.63) is 83.9 Å². The number of carbonyl (C=O) groups excluding carboxylic acids is 3. The second-order valence-corrected chi connectivity index (χ2v) is 10.0. The van der Waals surface area contributed by atoms with E-state index in [9.17, 15) is 19.5 Å². The number of halogens is 1. The smallest absolute Gasteiger partial charge is 0.253 e. The lowest BCUT2D eigenvalue weighted by Gasteiger charge is -2.35. The molecule has 1 N–H and O–H groups in total. The molecule has 37 heavy (non-hydrogen) atoms. The third kappa shape index (κ3) is 3.54. The summed E-state index contributed by atoms with van der Waals surface area (Å²) in [5.74, 6) is -2.70. The predicted octanol–water partition coefficient (Wildman–Crippen LogP) is 2.42. The van der Waals surface area contributed by atoms with E-state index in [0.717, 1.165) is 5.69 Å². The maximum absolute atomic E-state index is 14.1. The molecule has 2 aromatic rings. The quantitative estimate of drug-likeness (QED) is 0.627. The molecule has 4 heterocycles. The SMILES string of the molecule is O=C1[C@@H]2[C@H]3C(=O)N(CCO)C4C(=O)N(c5ccccc5Cl)CC=C[C@@]43O[C@@H]2C=CCN1c1ccccc1. The molecule has 6 rings (SSSR count). The van der Waals surface area contributed by atoms with E-state index in [-0.39, 0.29) is 37.4 Å². The van der Waals surface area contributed by atoms with Crippen molar-refractivity contribution in [2.75, 3.05) is 36.0 Å². The van der Waals surface area contributed by atoms with Gasteiger partial charge in [0.15, 0.2) is 0 Å². The van der Waals surface area contributed by atoms with Crippen LogP contribution in [0.3, 0.4) is 0 Å². The van der Waals surface area contributed by atoms with Gasteiger partial charge in [-0.3, -0.25) is 14.4 Å². The van der Waals surface area contributed by atoms with Gasteiger partial charge in [0.25, 0.3) is 5.91 Å². The Kier molecular flexibility index (Phi) is 5.90. The highest BCUT2D eigenvalue weighted by atomic mass is 35.5. The molecule has 4 aliphatic rings. The van der Waals surface area contributed by atoms with Crippen LogP contribution in [0.5, 0.6) is 0 Å². The van der Waals surface area contributed by atoms with Crippen molar-refractivity contribution < 1.29 is 24.2 Å². The van der Waals surface area contributed by atoms with Gasteiger partial charge in [-0.1, -0.05) is 66.2 Å². The summed E-state index contributed by atoms with van der Waals surface area (Å²) in [6.45, 7) is 0.205. The Hall–Kier alpha value is -3.46. The van der Waals surface area contributed by atoms with Crippen LogP contribution in [0.2, 0.25) is 5.02 Å². The normalized spacial score (nSPS) is 30.8. The minimum atomic E-state index is -1.35. The largest absolute Gasteiger partial charge is 0.395 e. The van der Waals surface area contributed by atoms with Gasteiger partial charge in [-0.05, 0) is 24.3 Å². The molecule has 0 radical (unpaired) electrons. The molecule has 4 aliphatic heterocycles. The highest BCUT2D eigenvalue weighted by Gasteiger charge is 2.71. The van der Waals surface area contributed by atoms with Crippen molar-refractivity contribution in [3.8, 4) is 0 Å². The Morgan fingerprint density at radius 2 is 1.65 bits per heavy atom. The zero-order valence-corrected chi connectivity index (χ0v) is 20.7. The van der Waals surface area contributed by atoms with E-state index in [4.69, 9.17) is 16.3 Å². The number of hydrogen-bond acceptors (Lipinski definition) is 5. The van der Waals surface area contributed by atoms with Crippen molar-refractivity contribution in [1.29, 1.82) is 0 Å². The first-order chi connectivity index (χ1) is 18.0. The van der Waals surface area contributed by atoms with Crippen molar-refractivity contribution in [2.24, 2.45) is 11.8 Å². The molecule has 2 fully saturated rings. The number of aliphatic hydroxyl groups is 1. The number of benzene rings is 2. The van der Waals surface area contributed by atoms with Gasteiger partial charge in [-0.25, -0.2) is 0 Å². The van der Waals surface area contributed by atoms with Gasteiger partial charge in [0.1, 0.15) is 11.6 Å². The van der Waals surface area contributed by atoms with Crippen molar-refractivity contribution in [3.63, 3.8) is 0 Å². The van der Waals surface area contributed by atoms with Crippen LogP contribution in [-0.4, -0.2) is 71.7 Å². The Bertz CT molecular complexity index is 1310. The monoisotopic (exact) mass is 519 g/mol. The lowest BCUT2D eigenvalue weighted by Crippen LogP contribution is -2.55. The van der Waals surface area contributed by atoms with E-state index in [1.165, 1.54) is 9.80 Å². The average Bonchev–Trinajstić information content (AvgIpc) is 3.20. The van der Waals surface area contributed by atoms with Crippen LogP contribution in [0.15, 0.2) is 78.9 Å². The molecule has 0 aliphatic carbocycles. The topological polar surface area (TPSA) is 90.4 Å². The summed E-state index contributed by atoms with van der Waals surface area (Å²) < 4.78 is 6.58. The molecule has 2 aromatic carbocycles. The number of nitrogens with zero attached hydrogens (tertiary/aromatic N) is 3. The number of β-amino-alcohol motifs (C(OH)–C–C–N with tert-alkyl or cyclic N) is 1. The highest BCUT2D eigenvalue weighted by molar-refractivity contribution is 6.34. The van der Waals surface area contributed by atoms with E-state index in [1.54, 1.807) is 41.3 Å². The number of amides is 3. The minimum Gasteiger partial charge on any atom is -0.395 e. The fourth-order valence-corrected chi connectivity index (χ4v) is 6.45. The Balaban J connectivity index is 1.45. The van der Waals surface area contributed by atoms with Crippen LogP contribution in [0, 0.1) is 11.8 Å². The van der Waals surface area contributed by atoms with E-state index in [2.05, 4.69) is 0 Å². The molecule has 3 amide bonds. The van der Waals surface area contributed by atoms with Crippen LogP contribution in [0.25, 0.3) is 0 Å². The lowest BCUT2D eigenvalue weighted by atomic mass is 9.77. The third-order valence-electron chi connectivity index (χ3n) is 7.71. The summed E-state index contributed by atoms with van der Waals surface area (Å²) in [4.78, 5) is 46.7. The molecule has 0 saturated carbocycles. The number of ether oxygens (including phenoxy) is 1. The van der Waals surface area contributed by atoms with Crippen LogP contribution in [-0.2, 0) is 19.1 Å². The Morgan fingerprint density at radius 1 is 0.919 bits per heavy atom. The Morgan fingerprint density at radius 3 is 2.41 bits per heavy atom. The zero-order valence-electron chi connectivity index (χ0n) is 19.9. The van der Waals surface area contributed by atoms with Gasteiger partial charge in [0.05, 0.1) is 35.3 Å². The van der Waals surface area contributed by atoms with Gasteiger partial charge in [0, 0.05) is 25.3 Å². The standard InChI is InChI=1S/C28H26ClN3O5/c29-19-10-4-5-11-20(19)31-15-7-13-28-23(26(35)32(16-17-33)24(28)27(31)36)22-21(37-28)12-6-14-30(25(22)34)18-8-2-1-3-9-18/h1-13,21-24,33H,14-17H2/t21-,22+,23+,24?,28+/m1/s1. The first-order valence-corrected chi connectivity index (χ1v) is 12.7. The number of likely N-dealkylation sites (tertiary alicyclic amines) is 1. The minimum absolute atomic E-state index is 0.0507. The maximum Gasteiger partial charge on any atom is 0.253 e. The van der Waals surface area contributed by atoms with Gasteiger partial charge in [-0.2, -0.15) is 0 Å². The fourth-order valence-electron chi connectivity index (χ4n) is 6.21. The predicted molar refractivity (Wildman–Crippen MR) is 138 cm³/mol. The van der Waals surface area contributed by atoms with Crippen LogP contribution in [0.4, 0.5) is 11.4 Å². The molecule has 2 saturated heterocycles. The number of hydrogen-bond donors (Lipinski definition) is 1. The molecule has 5 atom stereocenters. The Labute approximate surface area is 219 Å². The van der Waals surface area contributed by atoms with Crippen LogP contribution >= 0.6 is 11.6 Å². The van der Waals surface area contributed by atoms with Gasteiger partial charge >= 0.3 is 0 Å².